The highest BCUT2D eigenvalue weighted by molar-refractivity contribution is 7.86. The van der Waals surface area contributed by atoms with E-state index in [4.69, 9.17) is 17.8 Å². The highest BCUT2D eigenvalue weighted by Crippen LogP contribution is 2.35. The van der Waals surface area contributed by atoms with E-state index in [1.54, 1.807) is 55.4 Å². The Morgan fingerprint density at radius 1 is 0.613 bits per heavy atom. The zero-order valence-corrected chi connectivity index (χ0v) is 39.2. The topological polar surface area (TPSA) is 268 Å². The first-order valence-electron chi connectivity index (χ1n) is 19.5. The number of rotatable bonds is 8. The molecular weight excluding hydrogens is 861 g/mol. The van der Waals surface area contributed by atoms with Crippen LogP contribution in [0, 0.1) is 0 Å². The third kappa shape index (κ3) is 12.9. The van der Waals surface area contributed by atoms with E-state index in [0.717, 1.165) is 26.7 Å². The van der Waals surface area contributed by atoms with Crippen molar-refractivity contribution < 1.29 is 63.3 Å². The molecule has 4 atom stereocenters. The Labute approximate surface area is 361 Å². The van der Waals surface area contributed by atoms with Gasteiger partial charge in [0.2, 0.25) is 11.5 Å². The Balaban J connectivity index is 0.000000330. The Morgan fingerprint density at radius 2 is 0.919 bits per heavy atom. The van der Waals surface area contributed by atoms with Crippen molar-refractivity contribution in [2.24, 2.45) is 0 Å². The molecule has 24 heteroatoms. The third-order valence-electron chi connectivity index (χ3n) is 9.40. The maximum Gasteiger partial charge on any atom is 0.410 e. The van der Waals surface area contributed by atoms with E-state index >= 15 is 0 Å². The van der Waals surface area contributed by atoms with Crippen molar-refractivity contribution in [3.05, 3.63) is 43.7 Å². The SMILES string of the molecule is COC(=O)c1nc2n(c(=O)c1OS(C)(=O)=O)[C@@H](C)CCC[C@@H]2N(C)C(=O)OC(C)(C)C.COC(=O)c1nc2n(c(=O)c1OS(C)(=O)=O)[C@H](C)CCC[C@H]2N(C)C(=O)OC(C)(C)C. The average molecular weight is 919 g/mol. The molecule has 2 amide bonds. The quantitative estimate of drug-likeness (QED) is 0.205. The van der Waals surface area contributed by atoms with E-state index in [9.17, 15) is 45.6 Å². The van der Waals surface area contributed by atoms with Gasteiger partial charge in [-0.2, -0.15) is 16.8 Å². The lowest BCUT2D eigenvalue weighted by molar-refractivity contribution is 0.0192. The molecule has 0 saturated carbocycles. The summed E-state index contributed by atoms with van der Waals surface area (Å²) in [4.78, 5) is 87.6. The predicted octanol–water partition coefficient (Wildman–Crippen LogP) is 4.04. The van der Waals surface area contributed by atoms with Crippen LogP contribution in [-0.2, 0) is 39.2 Å². The van der Waals surface area contributed by atoms with E-state index in [1.165, 1.54) is 33.0 Å². The molecule has 4 heterocycles. The Bertz CT molecular complexity index is 2220. The first kappa shape index (κ1) is 51.1. The molecule has 2 aromatic heterocycles. The molecule has 0 bridgehead atoms. The molecule has 0 unspecified atom stereocenters. The van der Waals surface area contributed by atoms with Crippen LogP contribution >= 0.6 is 0 Å². The highest BCUT2D eigenvalue weighted by Gasteiger charge is 2.38. The molecule has 0 fully saturated rings. The number of fused-ring (bicyclic) bond motifs is 2. The van der Waals surface area contributed by atoms with Gasteiger partial charge in [0.1, 0.15) is 22.9 Å². The van der Waals surface area contributed by atoms with Gasteiger partial charge in [0, 0.05) is 26.2 Å². The van der Waals surface area contributed by atoms with Crippen molar-refractivity contribution in [1.82, 2.24) is 28.9 Å². The molecule has 2 aromatic rings. The number of ether oxygens (including phenoxy) is 4. The van der Waals surface area contributed by atoms with Gasteiger partial charge in [-0.3, -0.25) is 18.7 Å². The highest BCUT2D eigenvalue weighted by atomic mass is 32.2. The summed E-state index contributed by atoms with van der Waals surface area (Å²) < 4.78 is 79.2. The van der Waals surface area contributed by atoms with Crippen LogP contribution in [0.4, 0.5) is 9.59 Å². The third-order valence-corrected chi connectivity index (χ3v) is 10.3. The van der Waals surface area contributed by atoms with Gasteiger partial charge >= 0.3 is 44.4 Å². The Kier molecular flexibility index (Phi) is 16.0. The normalized spacial score (nSPS) is 19.1. The molecule has 2 aliphatic heterocycles. The van der Waals surface area contributed by atoms with Crippen LogP contribution < -0.4 is 19.5 Å². The summed E-state index contributed by atoms with van der Waals surface area (Å²) in [6.07, 6.45) is 3.63. The molecule has 22 nitrogen and oxygen atoms in total. The standard InChI is InChI=1S/2C19H29N3O8S/c2*1-11-9-8-10-12(21(5)18(25)29-19(2,3)4)15-20-13(17(24)28-6)14(16(23)22(11)15)30-31(7,26)27/h2*11-12H,8-10H2,1-7H3/t2*11-,12-/m10/s1. The van der Waals surface area contributed by atoms with Gasteiger partial charge in [-0.25, -0.2) is 29.1 Å². The second-order valence-corrected chi connectivity index (χ2v) is 20.1. The minimum Gasteiger partial charge on any atom is -0.464 e. The molecule has 348 valence electrons. The lowest BCUT2D eigenvalue weighted by Crippen LogP contribution is -2.40. The van der Waals surface area contributed by atoms with Crippen molar-refractivity contribution in [3.63, 3.8) is 0 Å². The van der Waals surface area contributed by atoms with Crippen LogP contribution in [0.15, 0.2) is 9.59 Å². The first-order chi connectivity index (χ1) is 28.3. The number of nitrogens with zero attached hydrogens (tertiary/aromatic N) is 6. The van der Waals surface area contributed by atoms with Crippen LogP contribution in [0.1, 0.15) is 151 Å². The van der Waals surface area contributed by atoms with Crippen molar-refractivity contribution in [3.8, 4) is 11.5 Å². The first-order valence-corrected chi connectivity index (χ1v) is 23.2. The molecule has 62 heavy (non-hydrogen) atoms. The molecule has 0 saturated heterocycles. The number of hydrogen-bond acceptors (Lipinski definition) is 18. The summed E-state index contributed by atoms with van der Waals surface area (Å²) in [5.41, 5.74) is -4.29. The average Bonchev–Trinajstić information content (AvgIpc) is 3.40. The lowest BCUT2D eigenvalue weighted by Gasteiger charge is -2.31. The van der Waals surface area contributed by atoms with E-state index < -0.39 is 102 Å². The molecule has 2 aliphatic rings. The van der Waals surface area contributed by atoms with Gasteiger partial charge in [0.25, 0.3) is 11.1 Å². The summed E-state index contributed by atoms with van der Waals surface area (Å²) >= 11 is 0. The second kappa shape index (κ2) is 19.4. The van der Waals surface area contributed by atoms with Gasteiger partial charge in [0.15, 0.2) is 11.4 Å². The van der Waals surface area contributed by atoms with E-state index in [2.05, 4.69) is 19.4 Å². The summed E-state index contributed by atoms with van der Waals surface area (Å²) in [5.74, 6) is -3.27. The predicted molar refractivity (Wildman–Crippen MR) is 221 cm³/mol. The largest absolute Gasteiger partial charge is 0.464 e. The number of aromatic nitrogens is 4. The van der Waals surface area contributed by atoms with Crippen molar-refractivity contribution in [2.75, 3.05) is 40.8 Å². The van der Waals surface area contributed by atoms with Gasteiger partial charge in [-0.05, 0) is 93.9 Å². The van der Waals surface area contributed by atoms with Crippen LogP contribution in [0.25, 0.3) is 0 Å². The van der Waals surface area contributed by atoms with Crippen LogP contribution in [0.5, 0.6) is 11.5 Å². The molecule has 0 spiro atoms. The number of hydrogen-bond donors (Lipinski definition) is 0. The summed E-state index contributed by atoms with van der Waals surface area (Å²) in [7, 11) is -3.07. The van der Waals surface area contributed by atoms with Crippen LogP contribution in [-0.4, -0.2) is 122 Å². The molecule has 0 radical (unpaired) electrons. The minimum atomic E-state index is -4.13. The van der Waals surface area contributed by atoms with Gasteiger partial charge in [-0.15, -0.1) is 0 Å². The fourth-order valence-corrected chi connectivity index (χ4v) is 7.60. The van der Waals surface area contributed by atoms with Gasteiger partial charge in [-0.1, -0.05) is 0 Å². The molecule has 0 aliphatic carbocycles. The van der Waals surface area contributed by atoms with Crippen molar-refractivity contribution in [1.29, 1.82) is 0 Å². The number of methoxy groups -OCH3 is 2. The zero-order valence-electron chi connectivity index (χ0n) is 37.6. The number of carbonyl (C=O) groups excluding carboxylic acids is 4. The van der Waals surface area contributed by atoms with Crippen molar-refractivity contribution in [2.45, 2.75) is 129 Å². The molecule has 0 N–H and O–H groups in total. The number of esters is 2. The fourth-order valence-electron chi connectivity index (χ4n) is 6.70. The van der Waals surface area contributed by atoms with Crippen molar-refractivity contribution >= 4 is 44.4 Å². The summed E-state index contributed by atoms with van der Waals surface area (Å²) in [6.45, 7) is 13.9. The second-order valence-electron chi connectivity index (χ2n) is 17.0. The van der Waals surface area contributed by atoms with Gasteiger partial charge < -0.3 is 37.1 Å². The number of amides is 2. The van der Waals surface area contributed by atoms with E-state index in [-0.39, 0.29) is 23.7 Å². The summed E-state index contributed by atoms with van der Waals surface area (Å²) in [6, 6.07) is -2.13. The summed E-state index contributed by atoms with van der Waals surface area (Å²) in [5, 5.41) is 0. The van der Waals surface area contributed by atoms with Gasteiger partial charge in [0.05, 0.1) is 38.8 Å². The Hall–Kier alpha value is -5.26. The Morgan fingerprint density at radius 3 is 1.18 bits per heavy atom. The van der Waals surface area contributed by atoms with E-state index in [1.807, 2.05) is 0 Å². The maximum absolute atomic E-state index is 13.3. The van der Waals surface area contributed by atoms with Crippen LogP contribution in [0.2, 0.25) is 0 Å². The number of carbonyl (C=O) groups is 4. The minimum absolute atomic E-state index is 0.129. The smallest absolute Gasteiger partial charge is 0.410 e. The van der Waals surface area contributed by atoms with E-state index in [0.29, 0.717) is 38.5 Å². The molecule has 0 aromatic carbocycles. The molecule has 4 rings (SSSR count). The fraction of sp³-hybridized carbons (Fsp3) is 0.684. The monoisotopic (exact) mass is 918 g/mol. The zero-order chi connectivity index (χ0) is 47.4. The lowest BCUT2D eigenvalue weighted by atomic mass is 10.1. The maximum atomic E-state index is 13.3. The molecular formula is C38H58N6O16S2. The van der Waals surface area contributed by atoms with Crippen LogP contribution in [0.3, 0.4) is 0 Å².